The van der Waals surface area contributed by atoms with E-state index in [1.807, 2.05) is 26.8 Å². The van der Waals surface area contributed by atoms with Crippen molar-refractivity contribution >= 4 is 40.5 Å². The van der Waals surface area contributed by atoms with Gasteiger partial charge in [-0.25, -0.2) is 14.8 Å². The minimum atomic E-state index is -0.503. The Morgan fingerprint density at radius 3 is 2.75 bits per heavy atom. The Labute approximate surface area is 190 Å². The molecule has 0 saturated carbocycles. The van der Waals surface area contributed by atoms with Crippen LogP contribution in [0.5, 0.6) is 5.75 Å². The fourth-order valence-corrected chi connectivity index (χ4v) is 3.50. The number of carbonyl (C=O) groups excluding carboxylic acids is 2. The summed E-state index contributed by atoms with van der Waals surface area (Å²) in [5.74, 6) is -0.418. The number of phenols is 1. The SMILES string of the molecule is CCOC(=O)c1csc(N=Cc2cc(/C=C/C(=O)c3ccco3)cc(C(C)(C)C)c2O)n1. The number of ketones is 1. The molecular formula is C24H24N2O5S. The van der Waals surface area contributed by atoms with Gasteiger partial charge >= 0.3 is 5.97 Å². The lowest BCUT2D eigenvalue weighted by molar-refractivity contribution is 0.0520. The molecule has 0 aliphatic carbocycles. The lowest BCUT2D eigenvalue weighted by Crippen LogP contribution is -2.12. The van der Waals surface area contributed by atoms with E-state index in [0.29, 0.717) is 16.3 Å². The Kier molecular flexibility index (Phi) is 7.05. The lowest BCUT2D eigenvalue weighted by atomic mass is 9.84. The Morgan fingerprint density at radius 2 is 2.09 bits per heavy atom. The molecule has 0 radical (unpaired) electrons. The monoisotopic (exact) mass is 452 g/mol. The van der Waals surface area contributed by atoms with Crippen LogP contribution in [0.25, 0.3) is 6.08 Å². The predicted octanol–water partition coefficient (Wildman–Crippen LogP) is 5.56. The summed E-state index contributed by atoms with van der Waals surface area (Å²) >= 11 is 1.19. The number of hydrogen-bond donors (Lipinski definition) is 1. The molecule has 7 nitrogen and oxygen atoms in total. The molecule has 3 aromatic rings. The second-order valence-electron chi connectivity index (χ2n) is 7.93. The van der Waals surface area contributed by atoms with Gasteiger partial charge < -0.3 is 14.3 Å². The normalized spacial score (nSPS) is 12.0. The molecule has 1 N–H and O–H groups in total. The maximum Gasteiger partial charge on any atom is 0.357 e. The van der Waals surface area contributed by atoms with Gasteiger partial charge in [-0.05, 0) is 48.2 Å². The van der Waals surface area contributed by atoms with Crippen molar-refractivity contribution in [2.45, 2.75) is 33.1 Å². The minimum absolute atomic E-state index is 0.0953. The molecular weight excluding hydrogens is 428 g/mol. The van der Waals surface area contributed by atoms with Crippen LogP contribution in [-0.4, -0.2) is 34.7 Å². The van der Waals surface area contributed by atoms with E-state index in [-0.39, 0.29) is 35.0 Å². The van der Waals surface area contributed by atoms with E-state index < -0.39 is 5.97 Å². The fraction of sp³-hybridized carbons (Fsp3) is 0.250. The first-order valence-corrected chi connectivity index (χ1v) is 10.9. The lowest BCUT2D eigenvalue weighted by Gasteiger charge is -2.22. The second kappa shape index (κ2) is 9.74. The number of aromatic hydroxyl groups is 1. The Morgan fingerprint density at radius 1 is 1.31 bits per heavy atom. The van der Waals surface area contributed by atoms with E-state index in [9.17, 15) is 14.7 Å². The molecule has 0 bridgehead atoms. The van der Waals surface area contributed by atoms with E-state index >= 15 is 0 Å². The van der Waals surface area contributed by atoms with Crippen LogP contribution in [0.2, 0.25) is 0 Å². The smallest absolute Gasteiger partial charge is 0.357 e. The van der Waals surface area contributed by atoms with Crippen molar-refractivity contribution in [3.05, 3.63) is 70.1 Å². The maximum absolute atomic E-state index is 12.2. The third-order valence-electron chi connectivity index (χ3n) is 4.45. The van der Waals surface area contributed by atoms with Gasteiger partial charge in [0.25, 0.3) is 0 Å². The Bertz CT molecular complexity index is 1170. The quantitative estimate of drug-likeness (QED) is 0.218. The highest BCUT2D eigenvalue weighted by Crippen LogP contribution is 2.34. The fourth-order valence-electron chi connectivity index (χ4n) is 2.87. The molecule has 0 atom stereocenters. The molecule has 0 saturated heterocycles. The molecule has 0 spiro atoms. The number of nitrogens with zero attached hydrogens (tertiary/aromatic N) is 2. The van der Waals surface area contributed by atoms with Gasteiger partial charge in [-0.15, -0.1) is 11.3 Å². The average Bonchev–Trinajstić information content (AvgIpc) is 3.43. The number of hydrogen-bond acceptors (Lipinski definition) is 8. The van der Waals surface area contributed by atoms with Gasteiger partial charge in [-0.1, -0.05) is 26.8 Å². The van der Waals surface area contributed by atoms with Crippen LogP contribution in [0.4, 0.5) is 5.13 Å². The summed E-state index contributed by atoms with van der Waals surface area (Å²) in [7, 11) is 0. The molecule has 3 rings (SSSR count). The summed E-state index contributed by atoms with van der Waals surface area (Å²) in [4.78, 5) is 32.5. The van der Waals surface area contributed by atoms with E-state index in [2.05, 4.69) is 9.98 Å². The number of phenolic OH excluding ortho intramolecular Hbond substituents is 1. The molecule has 1 aromatic carbocycles. The molecule has 2 aromatic heterocycles. The van der Waals surface area contributed by atoms with Crippen LogP contribution in [0, 0.1) is 0 Å². The minimum Gasteiger partial charge on any atom is -0.507 e. The summed E-state index contributed by atoms with van der Waals surface area (Å²) in [6, 6.07) is 6.81. The van der Waals surface area contributed by atoms with Crippen molar-refractivity contribution in [3.63, 3.8) is 0 Å². The largest absolute Gasteiger partial charge is 0.507 e. The summed E-state index contributed by atoms with van der Waals surface area (Å²) < 4.78 is 10.1. The van der Waals surface area contributed by atoms with Gasteiger partial charge in [0.1, 0.15) is 5.75 Å². The number of thiazole rings is 1. The van der Waals surface area contributed by atoms with E-state index in [4.69, 9.17) is 9.15 Å². The van der Waals surface area contributed by atoms with E-state index in [1.54, 1.807) is 36.6 Å². The van der Waals surface area contributed by atoms with Crippen LogP contribution < -0.4 is 0 Å². The second-order valence-corrected chi connectivity index (χ2v) is 8.76. The zero-order valence-electron chi connectivity index (χ0n) is 18.3. The van der Waals surface area contributed by atoms with Gasteiger partial charge in [0.05, 0.1) is 12.9 Å². The first-order valence-electron chi connectivity index (χ1n) is 9.99. The van der Waals surface area contributed by atoms with Crippen molar-refractivity contribution in [1.82, 2.24) is 4.98 Å². The van der Waals surface area contributed by atoms with Gasteiger partial charge in [-0.2, -0.15) is 0 Å². The number of rotatable bonds is 7. The third kappa shape index (κ3) is 5.59. The topological polar surface area (TPSA) is 102 Å². The molecule has 8 heteroatoms. The number of esters is 1. The standard InChI is InChI=1S/C24H24N2O5S/c1-5-30-22(29)18-14-32-23(26-18)25-13-16-11-15(12-17(21(16)28)24(2,3)4)8-9-19(27)20-7-6-10-31-20/h6-14,28H,5H2,1-4H3/b9-8+,25-13?. The Balaban J connectivity index is 1.92. The molecule has 0 fully saturated rings. The number of carbonyl (C=O) groups is 2. The summed E-state index contributed by atoms with van der Waals surface area (Å²) in [5, 5.41) is 12.8. The summed E-state index contributed by atoms with van der Waals surface area (Å²) in [5.41, 5.74) is 1.74. The van der Waals surface area contributed by atoms with Crippen LogP contribution in [0.1, 0.15) is 65.4 Å². The highest BCUT2D eigenvalue weighted by Gasteiger charge is 2.21. The third-order valence-corrected chi connectivity index (χ3v) is 5.20. The van der Waals surface area contributed by atoms with Crippen LogP contribution in [0.15, 0.2) is 51.4 Å². The number of ether oxygens (including phenoxy) is 1. The number of aliphatic imine (C=N–C) groups is 1. The Hall–Kier alpha value is -3.52. The average molecular weight is 453 g/mol. The highest BCUT2D eigenvalue weighted by atomic mass is 32.1. The highest BCUT2D eigenvalue weighted by molar-refractivity contribution is 7.13. The number of furan rings is 1. The molecule has 0 aliphatic heterocycles. The molecule has 0 aliphatic rings. The molecule has 0 unspecified atom stereocenters. The van der Waals surface area contributed by atoms with Crippen molar-refractivity contribution in [2.75, 3.05) is 6.61 Å². The number of benzene rings is 1. The van der Waals surface area contributed by atoms with Crippen molar-refractivity contribution < 1.29 is 23.8 Å². The van der Waals surface area contributed by atoms with Crippen LogP contribution in [-0.2, 0) is 10.2 Å². The summed E-state index contributed by atoms with van der Waals surface area (Å²) in [6.45, 7) is 7.94. The van der Waals surface area contributed by atoms with Gasteiger partial charge in [-0.3, -0.25) is 4.79 Å². The van der Waals surface area contributed by atoms with E-state index in [1.165, 1.54) is 29.9 Å². The number of aromatic nitrogens is 1. The molecule has 0 amide bonds. The predicted molar refractivity (Wildman–Crippen MR) is 124 cm³/mol. The summed E-state index contributed by atoms with van der Waals surface area (Å²) in [6.07, 6.45) is 6.02. The van der Waals surface area contributed by atoms with Gasteiger partial charge in [0, 0.05) is 22.7 Å². The van der Waals surface area contributed by atoms with Crippen molar-refractivity contribution in [2.24, 2.45) is 4.99 Å². The van der Waals surface area contributed by atoms with Crippen molar-refractivity contribution in [1.29, 1.82) is 0 Å². The van der Waals surface area contributed by atoms with Crippen LogP contribution in [0.3, 0.4) is 0 Å². The van der Waals surface area contributed by atoms with Gasteiger partial charge in [0.15, 0.2) is 11.5 Å². The molecule has 166 valence electrons. The molecule has 2 heterocycles. The first-order chi connectivity index (χ1) is 15.2. The number of allylic oxidation sites excluding steroid dienone is 1. The van der Waals surface area contributed by atoms with Gasteiger partial charge in [0.2, 0.25) is 10.9 Å². The zero-order valence-corrected chi connectivity index (χ0v) is 19.1. The van der Waals surface area contributed by atoms with Crippen molar-refractivity contribution in [3.8, 4) is 5.75 Å². The molecule has 32 heavy (non-hydrogen) atoms. The van der Waals surface area contributed by atoms with Crippen LogP contribution >= 0.6 is 11.3 Å². The zero-order chi connectivity index (χ0) is 23.3. The first kappa shape index (κ1) is 23.1. The van der Waals surface area contributed by atoms with E-state index in [0.717, 1.165) is 5.56 Å². The maximum atomic E-state index is 12.2.